The number of benzene rings is 1. The molecule has 2 unspecified atom stereocenters. The van der Waals surface area contributed by atoms with Crippen LogP contribution in [0.15, 0.2) is 24.3 Å². The Kier molecular flexibility index (Phi) is 5.68. The Bertz CT molecular complexity index is 394. The van der Waals surface area contributed by atoms with Crippen LogP contribution in [0.4, 0.5) is 0 Å². The van der Waals surface area contributed by atoms with Crippen LogP contribution >= 0.6 is 11.6 Å². The first kappa shape index (κ1) is 14.8. The summed E-state index contributed by atoms with van der Waals surface area (Å²) in [5.41, 5.74) is 7.40. The molecule has 0 radical (unpaired) electrons. The number of piperidine rings is 1. The first-order valence-corrected chi connectivity index (χ1v) is 7.77. The second-order valence-electron chi connectivity index (χ2n) is 5.78. The Balaban J connectivity index is 1.87. The van der Waals surface area contributed by atoms with Gasteiger partial charge in [0.25, 0.3) is 0 Å². The molecule has 1 heterocycles. The highest BCUT2D eigenvalue weighted by atomic mass is 35.5. The van der Waals surface area contributed by atoms with E-state index in [1.165, 1.54) is 37.9 Å². The zero-order chi connectivity index (χ0) is 13.7. The number of nitrogens with zero attached hydrogens (tertiary/aromatic N) is 1. The van der Waals surface area contributed by atoms with Gasteiger partial charge in [0.05, 0.1) is 0 Å². The minimum absolute atomic E-state index is 0.371. The van der Waals surface area contributed by atoms with Crippen LogP contribution in [0.25, 0.3) is 0 Å². The predicted molar refractivity (Wildman–Crippen MR) is 82.3 cm³/mol. The number of rotatable bonds is 5. The van der Waals surface area contributed by atoms with E-state index in [9.17, 15) is 0 Å². The van der Waals surface area contributed by atoms with Crippen LogP contribution in [-0.4, -0.2) is 24.0 Å². The van der Waals surface area contributed by atoms with Crippen molar-refractivity contribution in [3.05, 3.63) is 34.9 Å². The molecule has 2 N–H and O–H groups in total. The van der Waals surface area contributed by atoms with Crippen LogP contribution in [-0.2, 0) is 6.54 Å². The molecule has 1 aliphatic rings. The molecule has 0 amide bonds. The van der Waals surface area contributed by atoms with Crippen LogP contribution in [0.1, 0.15) is 38.2 Å². The Hall–Kier alpha value is -0.570. The third-order valence-electron chi connectivity index (χ3n) is 4.06. The molecule has 2 rings (SSSR count). The molecule has 0 spiro atoms. The average Bonchev–Trinajstić information content (AvgIpc) is 2.39. The Morgan fingerprint density at radius 2 is 2.32 bits per heavy atom. The summed E-state index contributed by atoms with van der Waals surface area (Å²) < 4.78 is 0. The van der Waals surface area contributed by atoms with Crippen molar-refractivity contribution in [2.45, 2.75) is 45.2 Å². The van der Waals surface area contributed by atoms with E-state index in [0.717, 1.165) is 23.9 Å². The minimum atomic E-state index is 0.371. The van der Waals surface area contributed by atoms with Crippen molar-refractivity contribution < 1.29 is 0 Å². The summed E-state index contributed by atoms with van der Waals surface area (Å²) in [6.07, 6.45) is 4.88. The summed E-state index contributed by atoms with van der Waals surface area (Å²) in [5.74, 6) is 0.767. The first-order chi connectivity index (χ1) is 9.17. The summed E-state index contributed by atoms with van der Waals surface area (Å²) in [6.45, 7) is 5.57. The van der Waals surface area contributed by atoms with Crippen molar-refractivity contribution in [1.82, 2.24) is 4.90 Å². The molecule has 106 valence electrons. The van der Waals surface area contributed by atoms with Gasteiger partial charge in [0.15, 0.2) is 0 Å². The minimum Gasteiger partial charge on any atom is -0.328 e. The van der Waals surface area contributed by atoms with Crippen molar-refractivity contribution in [2.24, 2.45) is 11.7 Å². The molecule has 2 atom stereocenters. The van der Waals surface area contributed by atoms with Crippen LogP contribution < -0.4 is 5.73 Å². The van der Waals surface area contributed by atoms with Crippen LogP contribution in [0.5, 0.6) is 0 Å². The SMILES string of the molecule is CCC(N)CC1CCCN(Cc2cccc(Cl)c2)C1. The summed E-state index contributed by atoms with van der Waals surface area (Å²) in [6, 6.07) is 8.57. The maximum atomic E-state index is 6.09. The Labute approximate surface area is 121 Å². The number of hydrogen-bond acceptors (Lipinski definition) is 2. The molecule has 0 saturated carbocycles. The highest BCUT2D eigenvalue weighted by Gasteiger charge is 2.21. The predicted octanol–water partition coefficient (Wildman–Crippen LogP) is 3.68. The van der Waals surface area contributed by atoms with Gasteiger partial charge in [-0.3, -0.25) is 4.90 Å². The van der Waals surface area contributed by atoms with Gasteiger partial charge in [-0.15, -0.1) is 0 Å². The van der Waals surface area contributed by atoms with Crippen LogP contribution in [0, 0.1) is 5.92 Å². The normalized spacial score (nSPS) is 22.4. The molecular weight excluding hydrogens is 256 g/mol. The van der Waals surface area contributed by atoms with Gasteiger partial charge >= 0.3 is 0 Å². The molecule has 1 aliphatic heterocycles. The third kappa shape index (κ3) is 4.79. The second-order valence-corrected chi connectivity index (χ2v) is 6.21. The standard InChI is InChI=1S/C16H25ClN2/c1-2-16(18)10-14-6-4-8-19(12-14)11-13-5-3-7-15(17)9-13/h3,5,7,9,14,16H,2,4,6,8,10-12,18H2,1H3. The smallest absolute Gasteiger partial charge is 0.0409 e. The number of halogens is 1. The molecule has 19 heavy (non-hydrogen) atoms. The molecule has 0 aliphatic carbocycles. The van der Waals surface area contributed by atoms with Crippen molar-refractivity contribution in [3.63, 3.8) is 0 Å². The van der Waals surface area contributed by atoms with E-state index in [4.69, 9.17) is 17.3 Å². The van der Waals surface area contributed by atoms with E-state index < -0.39 is 0 Å². The fourth-order valence-electron chi connectivity index (χ4n) is 2.98. The van der Waals surface area contributed by atoms with Crippen molar-refractivity contribution in [1.29, 1.82) is 0 Å². The molecule has 1 aromatic rings. The monoisotopic (exact) mass is 280 g/mol. The van der Waals surface area contributed by atoms with Gasteiger partial charge < -0.3 is 5.73 Å². The maximum absolute atomic E-state index is 6.09. The topological polar surface area (TPSA) is 29.3 Å². The average molecular weight is 281 g/mol. The molecule has 0 aromatic heterocycles. The molecule has 0 bridgehead atoms. The van der Waals surface area contributed by atoms with Crippen molar-refractivity contribution >= 4 is 11.6 Å². The lowest BCUT2D eigenvalue weighted by Crippen LogP contribution is -2.37. The van der Waals surface area contributed by atoms with E-state index >= 15 is 0 Å². The summed E-state index contributed by atoms with van der Waals surface area (Å²) in [4.78, 5) is 2.54. The van der Waals surface area contributed by atoms with Gasteiger partial charge in [-0.05, 0) is 55.8 Å². The maximum Gasteiger partial charge on any atom is 0.0409 e. The van der Waals surface area contributed by atoms with Gasteiger partial charge in [-0.2, -0.15) is 0 Å². The summed E-state index contributed by atoms with van der Waals surface area (Å²) in [7, 11) is 0. The molecule has 1 saturated heterocycles. The lowest BCUT2D eigenvalue weighted by molar-refractivity contribution is 0.156. The van der Waals surface area contributed by atoms with Crippen LogP contribution in [0.2, 0.25) is 5.02 Å². The van der Waals surface area contributed by atoms with Gasteiger partial charge in [0.1, 0.15) is 0 Å². The number of likely N-dealkylation sites (tertiary alicyclic amines) is 1. The van der Waals surface area contributed by atoms with Crippen molar-refractivity contribution in [3.8, 4) is 0 Å². The Morgan fingerprint density at radius 1 is 1.47 bits per heavy atom. The number of nitrogens with two attached hydrogens (primary N) is 1. The summed E-state index contributed by atoms with van der Waals surface area (Å²) in [5, 5.41) is 0.832. The van der Waals surface area contributed by atoms with E-state index in [1.807, 2.05) is 12.1 Å². The van der Waals surface area contributed by atoms with Gasteiger partial charge in [-0.1, -0.05) is 30.7 Å². The van der Waals surface area contributed by atoms with E-state index in [1.54, 1.807) is 0 Å². The highest BCUT2D eigenvalue weighted by Crippen LogP contribution is 2.23. The lowest BCUT2D eigenvalue weighted by Gasteiger charge is -2.33. The van der Waals surface area contributed by atoms with Gasteiger partial charge in [0, 0.05) is 24.2 Å². The fourth-order valence-corrected chi connectivity index (χ4v) is 3.19. The zero-order valence-electron chi connectivity index (χ0n) is 11.8. The van der Waals surface area contributed by atoms with Gasteiger partial charge in [-0.25, -0.2) is 0 Å². The quantitative estimate of drug-likeness (QED) is 0.891. The second kappa shape index (κ2) is 7.28. The van der Waals surface area contributed by atoms with Gasteiger partial charge in [0.2, 0.25) is 0 Å². The zero-order valence-corrected chi connectivity index (χ0v) is 12.6. The van der Waals surface area contributed by atoms with Crippen molar-refractivity contribution in [2.75, 3.05) is 13.1 Å². The number of hydrogen-bond donors (Lipinski definition) is 1. The van der Waals surface area contributed by atoms with Crippen LogP contribution in [0.3, 0.4) is 0 Å². The molecule has 1 fully saturated rings. The molecule has 3 heteroatoms. The van der Waals surface area contributed by atoms with E-state index in [2.05, 4.69) is 24.0 Å². The van der Waals surface area contributed by atoms with E-state index in [0.29, 0.717) is 6.04 Å². The Morgan fingerprint density at radius 3 is 3.05 bits per heavy atom. The largest absolute Gasteiger partial charge is 0.328 e. The third-order valence-corrected chi connectivity index (χ3v) is 4.29. The lowest BCUT2D eigenvalue weighted by atomic mass is 9.90. The molecule has 2 nitrogen and oxygen atoms in total. The fraction of sp³-hybridized carbons (Fsp3) is 0.625. The first-order valence-electron chi connectivity index (χ1n) is 7.39. The highest BCUT2D eigenvalue weighted by molar-refractivity contribution is 6.30. The molecule has 1 aromatic carbocycles. The summed E-state index contributed by atoms with van der Waals surface area (Å²) >= 11 is 6.04. The molecular formula is C16H25ClN2. The van der Waals surface area contributed by atoms with E-state index in [-0.39, 0.29) is 0 Å².